The van der Waals surface area contributed by atoms with Gasteiger partial charge in [-0.25, -0.2) is 4.68 Å². The fourth-order valence-corrected chi connectivity index (χ4v) is 2.69. The lowest BCUT2D eigenvalue weighted by Gasteiger charge is -2.21. The third-order valence-electron chi connectivity index (χ3n) is 3.96. The third kappa shape index (κ3) is 4.23. The molecule has 0 saturated heterocycles. The first-order chi connectivity index (χ1) is 12.3. The molecule has 0 bridgehead atoms. The van der Waals surface area contributed by atoms with Crippen LogP contribution in [-0.4, -0.2) is 22.2 Å². The Bertz CT molecular complexity index is 825. The molecule has 2 aromatic carbocycles. The van der Waals surface area contributed by atoms with Crippen molar-refractivity contribution in [2.75, 3.05) is 11.4 Å². The van der Waals surface area contributed by atoms with Gasteiger partial charge in [0.1, 0.15) is 0 Å². The Morgan fingerprint density at radius 1 is 1.08 bits per heavy atom. The number of amides is 1. The van der Waals surface area contributed by atoms with Crippen molar-refractivity contribution in [1.29, 1.82) is 0 Å². The highest BCUT2D eigenvalue weighted by Gasteiger charge is 2.14. The number of para-hydroxylation sites is 2. The number of hydrogen-bond donors (Lipinski definition) is 0. The van der Waals surface area contributed by atoms with Crippen LogP contribution in [0.3, 0.4) is 0 Å². The van der Waals surface area contributed by atoms with E-state index >= 15 is 0 Å². The Morgan fingerprint density at radius 3 is 2.44 bits per heavy atom. The Labute approximate surface area is 148 Å². The van der Waals surface area contributed by atoms with Crippen LogP contribution in [0.15, 0.2) is 85.7 Å². The van der Waals surface area contributed by atoms with Crippen molar-refractivity contribution in [2.24, 2.45) is 0 Å². The number of benzene rings is 2. The van der Waals surface area contributed by atoms with Gasteiger partial charge >= 0.3 is 0 Å². The molecule has 25 heavy (non-hydrogen) atoms. The molecule has 0 aliphatic rings. The second-order valence-electron chi connectivity index (χ2n) is 5.76. The smallest absolute Gasteiger partial charge is 0.227 e. The molecule has 0 fully saturated rings. The maximum absolute atomic E-state index is 12.6. The number of aromatic nitrogens is 2. The maximum Gasteiger partial charge on any atom is 0.227 e. The molecule has 4 heteroatoms. The molecule has 0 aliphatic carbocycles. The van der Waals surface area contributed by atoms with Crippen molar-refractivity contribution in [3.8, 4) is 5.69 Å². The molecule has 1 aromatic heterocycles. The number of carbonyl (C=O) groups excluding carboxylic acids is 1. The number of hydrogen-bond acceptors (Lipinski definition) is 2. The van der Waals surface area contributed by atoms with Crippen LogP contribution in [0.1, 0.15) is 12.0 Å². The molecule has 0 aliphatic heterocycles. The van der Waals surface area contributed by atoms with Gasteiger partial charge < -0.3 is 4.90 Å². The minimum absolute atomic E-state index is 0.0820. The van der Waals surface area contributed by atoms with Gasteiger partial charge in [-0.15, -0.1) is 6.58 Å². The first kappa shape index (κ1) is 16.7. The van der Waals surface area contributed by atoms with Crippen molar-refractivity contribution in [3.63, 3.8) is 0 Å². The first-order valence-corrected chi connectivity index (χ1v) is 8.33. The molecule has 3 rings (SSSR count). The molecular formula is C21H21N3O. The fraction of sp³-hybridized carbons (Fsp3) is 0.143. The number of rotatable bonds is 7. The summed E-state index contributed by atoms with van der Waals surface area (Å²) in [6.45, 7) is 4.26. The second-order valence-corrected chi connectivity index (χ2v) is 5.76. The molecule has 4 nitrogen and oxygen atoms in total. The van der Waals surface area contributed by atoms with E-state index in [9.17, 15) is 4.79 Å². The summed E-state index contributed by atoms with van der Waals surface area (Å²) in [5.74, 6) is 0.0820. The van der Waals surface area contributed by atoms with Gasteiger partial charge in [0.25, 0.3) is 0 Å². The average molecular weight is 331 g/mol. The van der Waals surface area contributed by atoms with Crippen molar-refractivity contribution in [1.82, 2.24) is 9.78 Å². The summed E-state index contributed by atoms with van der Waals surface area (Å²) >= 11 is 0. The van der Waals surface area contributed by atoms with Gasteiger partial charge in [-0.1, -0.05) is 42.5 Å². The third-order valence-corrected chi connectivity index (χ3v) is 3.96. The molecule has 3 aromatic rings. The van der Waals surface area contributed by atoms with Gasteiger partial charge in [0.2, 0.25) is 5.91 Å². The van der Waals surface area contributed by atoms with E-state index in [1.807, 2.05) is 77.7 Å². The lowest BCUT2D eigenvalue weighted by Crippen LogP contribution is -2.31. The highest BCUT2D eigenvalue weighted by Crippen LogP contribution is 2.16. The minimum Gasteiger partial charge on any atom is -0.309 e. The van der Waals surface area contributed by atoms with Crippen LogP contribution in [0.5, 0.6) is 0 Å². The van der Waals surface area contributed by atoms with Crippen LogP contribution >= 0.6 is 0 Å². The van der Waals surface area contributed by atoms with E-state index in [0.717, 1.165) is 16.9 Å². The van der Waals surface area contributed by atoms with Crippen LogP contribution in [0, 0.1) is 0 Å². The summed E-state index contributed by atoms with van der Waals surface area (Å²) in [6.07, 6.45) is 6.64. The summed E-state index contributed by atoms with van der Waals surface area (Å²) in [5, 5.41) is 4.38. The monoisotopic (exact) mass is 331 g/mol. The minimum atomic E-state index is 0.0820. The summed E-state index contributed by atoms with van der Waals surface area (Å²) in [5.41, 5.74) is 2.95. The predicted octanol–water partition coefficient (Wildman–Crippen LogP) is 4.02. The van der Waals surface area contributed by atoms with Crippen molar-refractivity contribution < 1.29 is 4.79 Å². The molecule has 0 unspecified atom stereocenters. The van der Waals surface area contributed by atoms with Crippen molar-refractivity contribution in [2.45, 2.75) is 12.8 Å². The number of aryl methyl sites for hydroxylation is 1. The predicted molar refractivity (Wildman–Crippen MR) is 101 cm³/mol. The Morgan fingerprint density at radius 2 is 1.76 bits per heavy atom. The summed E-state index contributed by atoms with van der Waals surface area (Å²) < 4.78 is 1.83. The Balaban J connectivity index is 1.65. The van der Waals surface area contributed by atoms with Crippen LogP contribution in [0.4, 0.5) is 5.69 Å². The molecule has 126 valence electrons. The molecule has 0 atom stereocenters. The van der Waals surface area contributed by atoms with Crippen LogP contribution < -0.4 is 4.90 Å². The molecule has 0 saturated carbocycles. The van der Waals surface area contributed by atoms with Gasteiger partial charge in [-0.05, 0) is 36.2 Å². The van der Waals surface area contributed by atoms with Gasteiger partial charge in [0.05, 0.1) is 11.9 Å². The highest BCUT2D eigenvalue weighted by molar-refractivity contribution is 5.93. The summed E-state index contributed by atoms with van der Waals surface area (Å²) in [6, 6.07) is 19.6. The normalized spacial score (nSPS) is 10.4. The van der Waals surface area contributed by atoms with E-state index in [1.54, 1.807) is 11.0 Å². The van der Waals surface area contributed by atoms with E-state index in [2.05, 4.69) is 11.7 Å². The number of nitrogens with zero attached hydrogens (tertiary/aromatic N) is 3. The number of anilines is 1. The van der Waals surface area contributed by atoms with E-state index in [0.29, 0.717) is 19.4 Å². The lowest BCUT2D eigenvalue weighted by molar-refractivity contribution is -0.118. The molecule has 1 heterocycles. The summed E-state index contributed by atoms with van der Waals surface area (Å²) in [7, 11) is 0. The van der Waals surface area contributed by atoms with Crippen LogP contribution in [-0.2, 0) is 11.2 Å². The van der Waals surface area contributed by atoms with E-state index in [1.165, 1.54) is 0 Å². The topological polar surface area (TPSA) is 38.1 Å². The standard InChI is InChI=1S/C21H21N3O/c1-2-15-23(19-9-5-3-6-10-19)21(25)14-13-18-16-22-24(17-18)20-11-7-4-8-12-20/h2-12,16-17H,1,13-15H2. The van der Waals surface area contributed by atoms with Crippen LogP contribution in [0.2, 0.25) is 0 Å². The van der Waals surface area contributed by atoms with E-state index in [4.69, 9.17) is 0 Å². The molecule has 1 amide bonds. The zero-order valence-electron chi connectivity index (χ0n) is 14.1. The highest BCUT2D eigenvalue weighted by atomic mass is 16.2. The van der Waals surface area contributed by atoms with E-state index < -0.39 is 0 Å². The maximum atomic E-state index is 12.6. The largest absolute Gasteiger partial charge is 0.309 e. The first-order valence-electron chi connectivity index (χ1n) is 8.33. The molecule has 0 radical (unpaired) electrons. The fourth-order valence-electron chi connectivity index (χ4n) is 2.69. The van der Waals surface area contributed by atoms with Crippen LogP contribution in [0.25, 0.3) is 5.69 Å². The van der Waals surface area contributed by atoms with Gasteiger partial charge in [-0.3, -0.25) is 4.79 Å². The number of carbonyl (C=O) groups is 1. The molecule has 0 spiro atoms. The quantitative estimate of drug-likeness (QED) is 0.613. The SMILES string of the molecule is C=CCN(C(=O)CCc1cnn(-c2ccccc2)c1)c1ccccc1. The summed E-state index contributed by atoms with van der Waals surface area (Å²) in [4.78, 5) is 14.4. The lowest BCUT2D eigenvalue weighted by atomic mass is 10.1. The van der Waals surface area contributed by atoms with Crippen molar-refractivity contribution in [3.05, 3.63) is 91.3 Å². The average Bonchev–Trinajstić information content (AvgIpc) is 3.15. The second kappa shape index (κ2) is 8.11. The van der Waals surface area contributed by atoms with Crippen molar-refractivity contribution >= 4 is 11.6 Å². The zero-order chi connectivity index (χ0) is 17.5. The van der Waals surface area contributed by atoms with Gasteiger partial charge in [-0.2, -0.15) is 5.10 Å². The van der Waals surface area contributed by atoms with Gasteiger partial charge in [0.15, 0.2) is 0 Å². The zero-order valence-corrected chi connectivity index (χ0v) is 14.1. The molecular weight excluding hydrogens is 310 g/mol. The molecule has 0 N–H and O–H groups in total. The van der Waals surface area contributed by atoms with Gasteiger partial charge in [0, 0.05) is 24.8 Å². The van der Waals surface area contributed by atoms with E-state index in [-0.39, 0.29) is 5.91 Å². The Kier molecular flexibility index (Phi) is 5.42. The Hall–Kier alpha value is -3.14.